The molecule has 0 spiro atoms. The van der Waals surface area contributed by atoms with Crippen LogP contribution in [-0.2, 0) is 16.2 Å². The molecule has 1 aliphatic rings. The van der Waals surface area contributed by atoms with Crippen molar-refractivity contribution < 1.29 is 21.6 Å². The molecule has 2 N–H and O–H groups in total. The van der Waals surface area contributed by atoms with Crippen molar-refractivity contribution in [2.45, 2.75) is 18.0 Å². The lowest BCUT2D eigenvalue weighted by Gasteiger charge is -2.13. The van der Waals surface area contributed by atoms with Gasteiger partial charge in [-0.05, 0) is 30.2 Å². The van der Waals surface area contributed by atoms with E-state index in [1.165, 1.54) is 35.0 Å². The maximum Gasteiger partial charge on any atom is 0.434 e. The first-order chi connectivity index (χ1) is 12.1. The van der Waals surface area contributed by atoms with Gasteiger partial charge in [-0.2, -0.15) is 13.2 Å². The number of hydrogen-bond donors (Lipinski definition) is 1. The van der Waals surface area contributed by atoms with Gasteiger partial charge >= 0.3 is 6.18 Å². The third-order valence-electron chi connectivity index (χ3n) is 3.79. The average molecular weight is 384 g/mol. The number of sulfonamides is 1. The van der Waals surface area contributed by atoms with Crippen LogP contribution in [0.4, 0.5) is 13.2 Å². The number of nitrogens with zero attached hydrogens (tertiary/aromatic N) is 3. The van der Waals surface area contributed by atoms with Gasteiger partial charge in [0.2, 0.25) is 10.0 Å². The molecule has 0 saturated carbocycles. The normalized spacial score (nSPS) is 18.0. The number of nitrogens with two attached hydrogens (primary N) is 1. The van der Waals surface area contributed by atoms with Gasteiger partial charge in [-0.1, -0.05) is 13.0 Å². The highest BCUT2D eigenvalue weighted by Gasteiger charge is 2.35. The number of benzene rings is 1. The lowest BCUT2D eigenvalue weighted by Crippen LogP contribution is -2.12. The van der Waals surface area contributed by atoms with E-state index in [-0.39, 0.29) is 16.6 Å². The van der Waals surface area contributed by atoms with Gasteiger partial charge in [0.15, 0.2) is 5.69 Å². The molecule has 1 aliphatic heterocycles. The number of halogens is 3. The van der Waals surface area contributed by atoms with Crippen molar-refractivity contribution in [3.63, 3.8) is 0 Å². The van der Waals surface area contributed by atoms with E-state index >= 15 is 0 Å². The lowest BCUT2D eigenvalue weighted by atomic mass is 10.1. The number of rotatable bonds is 3. The molecule has 26 heavy (non-hydrogen) atoms. The Morgan fingerprint density at radius 2 is 1.88 bits per heavy atom. The zero-order valence-electron chi connectivity index (χ0n) is 13.6. The first-order valence-corrected chi connectivity index (χ1v) is 9.12. The smallest absolute Gasteiger partial charge is 0.299 e. The van der Waals surface area contributed by atoms with Crippen LogP contribution in [-0.4, -0.2) is 30.7 Å². The summed E-state index contributed by atoms with van der Waals surface area (Å²) in [6.07, 6.45) is -0.462. The average Bonchev–Trinajstić information content (AvgIpc) is 3.00. The number of aliphatic imine (C=N–C) groups is 1. The minimum Gasteiger partial charge on any atom is -0.299 e. The summed E-state index contributed by atoms with van der Waals surface area (Å²) in [4.78, 5) is 7.73. The van der Waals surface area contributed by atoms with E-state index in [1.807, 2.05) is 6.92 Å². The third-order valence-corrected chi connectivity index (χ3v) is 4.72. The Hall–Kier alpha value is -2.46. The first kappa shape index (κ1) is 18.3. The highest BCUT2D eigenvalue weighted by Crippen LogP contribution is 2.32. The Kier molecular flexibility index (Phi) is 4.49. The lowest BCUT2D eigenvalue weighted by molar-refractivity contribution is -0.140. The van der Waals surface area contributed by atoms with Crippen molar-refractivity contribution in [2.75, 3.05) is 6.54 Å². The molecule has 1 atom stereocenters. The van der Waals surface area contributed by atoms with Gasteiger partial charge in [0.25, 0.3) is 0 Å². The quantitative estimate of drug-likeness (QED) is 0.882. The van der Waals surface area contributed by atoms with Crippen LogP contribution in [0, 0.1) is 5.92 Å². The molecule has 3 rings (SSSR count). The second-order valence-corrected chi connectivity index (χ2v) is 7.51. The third kappa shape index (κ3) is 3.70. The SMILES string of the molecule is C[C@@H]1C=C(c2nc(C(F)(F)F)cn2-c2ccc(S(N)(=O)=O)cc2)C=NC1. The minimum atomic E-state index is -4.61. The zero-order chi connectivity index (χ0) is 19.1. The number of dihydropyridines is 1. The molecule has 10 heteroatoms. The van der Waals surface area contributed by atoms with Crippen molar-refractivity contribution in [2.24, 2.45) is 16.0 Å². The molecule has 0 bridgehead atoms. The minimum absolute atomic E-state index is 0.0687. The van der Waals surface area contributed by atoms with E-state index < -0.39 is 21.9 Å². The predicted molar refractivity (Wildman–Crippen MR) is 90.4 cm³/mol. The number of imidazole rings is 1. The van der Waals surface area contributed by atoms with E-state index in [0.717, 1.165) is 6.20 Å². The summed E-state index contributed by atoms with van der Waals surface area (Å²) in [7, 11) is -3.90. The molecule has 0 fully saturated rings. The van der Waals surface area contributed by atoms with E-state index in [9.17, 15) is 21.6 Å². The van der Waals surface area contributed by atoms with Crippen LogP contribution in [0.2, 0.25) is 0 Å². The highest BCUT2D eigenvalue weighted by atomic mass is 32.2. The summed E-state index contributed by atoms with van der Waals surface area (Å²) in [6.45, 7) is 2.45. The van der Waals surface area contributed by atoms with Crippen molar-refractivity contribution in [1.82, 2.24) is 9.55 Å². The number of primary sulfonamides is 1. The highest BCUT2D eigenvalue weighted by molar-refractivity contribution is 7.89. The van der Waals surface area contributed by atoms with Gasteiger partial charge < -0.3 is 0 Å². The number of hydrogen-bond acceptors (Lipinski definition) is 4. The van der Waals surface area contributed by atoms with Crippen LogP contribution in [0.1, 0.15) is 18.4 Å². The molecular weight excluding hydrogens is 369 g/mol. The van der Waals surface area contributed by atoms with E-state index in [4.69, 9.17) is 5.14 Å². The summed E-state index contributed by atoms with van der Waals surface area (Å²) in [6, 6.07) is 5.20. The molecule has 1 aromatic carbocycles. The van der Waals surface area contributed by atoms with Crippen LogP contribution in [0.5, 0.6) is 0 Å². The van der Waals surface area contributed by atoms with Crippen molar-refractivity contribution in [3.05, 3.63) is 48.1 Å². The molecule has 0 aliphatic carbocycles. The Morgan fingerprint density at radius 1 is 1.23 bits per heavy atom. The van der Waals surface area contributed by atoms with E-state index in [0.29, 0.717) is 17.8 Å². The Balaban J connectivity index is 2.14. The molecule has 0 radical (unpaired) electrons. The maximum atomic E-state index is 13.1. The largest absolute Gasteiger partial charge is 0.434 e. The molecule has 0 amide bonds. The molecule has 0 saturated heterocycles. The fraction of sp³-hybridized carbons (Fsp3) is 0.250. The summed E-state index contributed by atoms with van der Waals surface area (Å²) >= 11 is 0. The van der Waals surface area contributed by atoms with Crippen molar-refractivity contribution >= 4 is 21.8 Å². The van der Waals surface area contributed by atoms with Gasteiger partial charge in [-0.15, -0.1) is 0 Å². The summed E-state index contributed by atoms with van der Waals surface area (Å²) in [5.74, 6) is 0.148. The van der Waals surface area contributed by atoms with Crippen molar-refractivity contribution in [1.29, 1.82) is 0 Å². The van der Waals surface area contributed by atoms with Crippen LogP contribution >= 0.6 is 0 Å². The monoisotopic (exact) mass is 384 g/mol. The zero-order valence-corrected chi connectivity index (χ0v) is 14.4. The van der Waals surface area contributed by atoms with Crippen LogP contribution < -0.4 is 5.14 Å². The predicted octanol–water partition coefficient (Wildman–Crippen LogP) is 2.64. The van der Waals surface area contributed by atoms with Gasteiger partial charge in [0, 0.05) is 30.2 Å². The number of aromatic nitrogens is 2. The maximum absolute atomic E-state index is 13.1. The molecule has 138 valence electrons. The second kappa shape index (κ2) is 6.36. The van der Waals surface area contributed by atoms with E-state index in [2.05, 4.69) is 9.98 Å². The summed E-state index contributed by atoms with van der Waals surface area (Å²) < 4.78 is 63.4. The van der Waals surface area contributed by atoms with E-state index in [1.54, 1.807) is 6.08 Å². The molecule has 0 unspecified atom stereocenters. The molecule has 6 nitrogen and oxygen atoms in total. The Labute approximate surface area is 147 Å². The number of alkyl halides is 3. The van der Waals surface area contributed by atoms with Gasteiger partial charge in [0.05, 0.1) is 4.90 Å². The van der Waals surface area contributed by atoms with Crippen LogP contribution in [0.3, 0.4) is 0 Å². The standard InChI is InChI=1S/C16H15F3N4O2S/c1-10-6-11(8-21-7-10)15-22-14(16(17,18)19)9-23(15)12-2-4-13(5-3-12)26(20,24)25/h2-6,8-10H,7H2,1H3,(H2,20,24,25)/t10-/m1/s1. The van der Waals surface area contributed by atoms with Crippen molar-refractivity contribution in [3.8, 4) is 5.69 Å². The first-order valence-electron chi connectivity index (χ1n) is 7.57. The molecular formula is C16H15F3N4O2S. The van der Waals surface area contributed by atoms with Gasteiger partial charge in [0.1, 0.15) is 5.82 Å². The topological polar surface area (TPSA) is 90.3 Å². The van der Waals surface area contributed by atoms with Gasteiger partial charge in [-0.3, -0.25) is 9.56 Å². The summed E-state index contributed by atoms with van der Waals surface area (Å²) in [5, 5.41) is 5.05. The fourth-order valence-corrected chi connectivity index (χ4v) is 3.08. The Morgan fingerprint density at radius 3 is 2.42 bits per heavy atom. The summed E-state index contributed by atoms with van der Waals surface area (Å²) in [5.41, 5.74) is -0.256. The van der Waals surface area contributed by atoms with Gasteiger partial charge in [-0.25, -0.2) is 18.5 Å². The van der Waals surface area contributed by atoms with Crippen LogP contribution in [0.15, 0.2) is 46.4 Å². The molecule has 2 heterocycles. The second-order valence-electron chi connectivity index (χ2n) is 5.95. The molecule has 2 aromatic rings. The fourth-order valence-electron chi connectivity index (χ4n) is 2.57. The molecule has 1 aromatic heterocycles. The Bertz CT molecular complexity index is 989. The number of allylic oxidation sites excluding steroid dienone is 1. The van der Waals surface area contributed by atoms with Crippen LogP contribution in [0.25, 0.3) is 11.3 Å².